The van der Waals surface area contributed by atoms with Gasteiger partial charge in [0.2, 0.25) is 0 Å². The summed E-state index contributed by atoms with van der Waals surface area (Å²) < 4.78 is 2.29. The molecule has 4 heteroatoms. The van der Waals surface area contributed by atoms with E-state index in [1.165, 1.54) is 12.8 Å². The molecule has 0 aliphatic heterocycles. The first-order valence-corrected chi connectivity index (χ1v) is 7.82. The molecule has 1 aliphatic carbocycles. The molecule has 1 saturated carbocycles. The first-order valence-electron chi connectivity index (χ1n) is 7.44. The lowest BCUT2D eigenvalue weighted by Crippen LogP contribution is -2.39. The Balaban J connectivity index is 2.07. The predicted molar refractivity (Wildman–Crippen MR) is 84.2 cm³/mol. The molecule has 1 heterocycles. The van der Waals surface area contributed by atoms with E-state index in [1.807, 2.05) is 18.2 Å². The SMILES string of the molecule is CC(C)n1c(CC2(N)CCCC2)nc2ccc(Cl)cc21. The molecule has 1 fully saturated rings. The summed E-state index contributed by atoms with van der Waals surface area (Å²) in [5.74, 6) is 1.10. The minimum Gasteiger partial charge on any atom is -0.325 e. The molecular weight excluding hydrogens is 270 g/mol. The highest BCUT2D eigenvalue weighted by Crippen LogP contribution is 2.32. The van der Waals surface area contributed by atoms with Gasteiger partial charge in [-0.2, -0.15) is 0 Å². The first kappa shape index (κ1) is 13.9. The number of halogens is 1. The largest absolute Gasteiger partial charge is 0.325 e. The fraction of sp³-hybridized carbons (Fsp3) is 0.562. The van der Waals surface area contributed by atoms with Crippen molar-refractivity contribution >= 4 is 22.6 Å². The predicted octanol–water partition coefficient (Wildman–Crippen LogP) is 4.08. The molecular formula is C16H22ClN3. The molecule has 0 bridgehead atoms. The second-order valence-corrected chi connectivity index (χ2v) is 6.81. The van der Waals surface area contributed by atoms with Crippen molar-refractivity contribution in [2.45, 2.75) is 57.5 Å². The maximum Gasteiger partial charge on any atom is 0.111 e. The summed E-state index contributed by atoms with van der Waals surface area (Å²) in [7, 11) is 0. The molecule has 1 aromatic heterocycles. The van der Waals surface area contributed by atoms with Crippen molar-refractivity contribution in [3.05, 3.63) is 29.0 Å². The maximum absolute atomic E-state index is 6.53. The van der Waals surface area contributed by atoms with E-state index in [1.54, 1.807) is 0 Å². The van der Waals surface area contributed by atoms with Gasteiger partial charge in [0.1, 0.15) is 5.82 Å². The van der Waals surface area contributed by atoms with Gasteiger partial charge >= 0.3 is 0 Å². The summed E-state index contributed by atoms with van der Waals surface area (Å²) in [6.07, 6.45) is 5.55. The molecule has 108 valence electrons. The summed E-state index contributed by atoms with van der Waals surface area (Å²) in [5, 5.41) is 0.758. The standard InChI is InChI=1S/C16H22ClN3/c1-11(2)20-14-9-12(17)5-6-13(14)19-15(20)10-16(18)7-3-4-8-16/h5-6,9,11H,3-4,7-8,10,18H2,1-2H3. The van der Waals surface area contributed by atoms with Crippen molar-refractivity contribution in [1.29, 1.82) is 0 Å². The van der Waals surface area contributed by atoms with E-state index >= 15 is 0 Å². The van der Waals surface area contributed by atoms with Gasteiger partial charge in [0.15, 0.2) is 0 Å². The normalized spacial score (nSPS) is 18.2. The maximum atomic E-state index is 6.53. The third-order valence-corrected chi connectivity index (χ3v) is 4.59. The molecule has 1 aliphatic rings. The average Bonchev–Trinajstić information content (AvgIpc) is 2.92. The molecule has 20 heavy (non-hydrogen) atoms. The molecule has 3 nitrogen and oxygen atoms in total. The highest BCUT2D eigenvalue weighted by Gasteiger charge is 2.31. The van der Waals surface area contributed by atoms with Crippen LogP contribution in [0.1, 0.15) is 51.4 Å². The van der Waals surface area contributed by atoms with Crippen molar-refractivity contribution in [3.8, 4) is 0 Å². The number of nitrogens with zero attached hydrogens (tertiary/aromatic N) is 2. The van der Waals surface area contributed by atoms with Crippen LogP contribution in [-0.2, 0) is 6.42 Å². The van der Waals surface area contributed by atoms with Crippen LogP contribution in [0.3, 0.4) is 0 Å². The highest BCUT2D eigenvalue weighted by atomic mass is 35.5. The van der Waals surface area contributed by atoms with Gasteiger partial charge in [-0.05, 0) is 44.9 Å². The Kier molecular flexibility index (Phi) is 3.51. The van der Waals surface area contributed by atoms with Gasteiger partial charge in [0, 0.05) is 23.0 Å². The number of nitrogens with two attached hydrogens (primary N) is 1. The molecule has 0 radical (unpaired) electrons. The second kappa shape index (κ2) is 5.05. The van der Waals surface area contributed by atoms with Crippen LogP contribution >= 0.6 is 11.6 Å². The Labute approximate surface area is 125 Å². The van der Waals surface area contributed by atoms with Crippen molar-refractivity contribution < 1.29 is 0 Å². The Hall–Kier alpha value is -1.06. The van der Waals surface area contributed by atoms with Crippen molar-refractivity contribution in [2.75, 3.05) is 0 Å². The number of rotatable bonds is 3. The zero-order valence-electron chi connectivity index (χ0n) is 12.2. The van der Waals surface area contributed by atoms with Crippen LogP contribution < -0.4 is 5.73 Å². The van der Waals surface area contributed by atoms with Crippen LogP contribution in [-0.4, -0.2) is 15.1 Å². The second-order valence-electron chi connectivity index (χ2n) is 6.37. The molecule has 1 aromatic carbocycles. The number of imidazole rings is 1. The van der Waals surface area contributed by atoms with Crippen LogP contribution in [0.25, 0.3) is 11.0 Å². The minimum atomic E-state index is -0.0716. The Bertz CT molecular complexity index is 624. The van der Waals surface area contributed by atoms with Gasteiger partial charge < -0.3 is 10.3 Å². The Morgan fingerprint density at radius 2 is 2.05 bits per heavy atom. The van der Waals surface area contributed by atoms with Crippen molar-refractivity contribution in [3.63, 3.8) is 0 Å². The smallest absolute Gasteiger partial charge is 0.111 e. The minimum absolute atomic E-state index is 0.0716. The highest BCUT2D eigenvalue weighted by molar-refractivity contribution is 6.31. The Morgan fingerprint density at radius 3 is 2.70 bits per heavy atom. The van der Waals surface area contributed by atoms with E-state index in [9.17, 15) is 0 Å². The third kappa shape index (κ3) is 2.45. The molecule has 2 aromatic rings. The van der Waals surface area contributed by atoms with E-state index in [0.29, 0.717) is 6.04 Å². The number of benzene rings is 1. The lowest BCUT2D eigenvalue weighted by Gasteiger charge is -2.24. The van der Waals surface area contributed by atoms with Crippen LogP contribution in [0.15, 0.2) is 18.2 Å². The third-order valence-electron chi connectivity index (χ3n) is 4.35. The summed E-state index contributed by atoms with van der Waals surface area (Å²) in [5.41, 5.74) is 8.59. The molecule has 0 spiro atoms. The number of aromatic nitrogens is 2. The van der Waals surface area contributed by atoms with Crippen molar-refractivity contribution in [2.24, 2.45) is 5.73 Å². The topological polar surface area (TPSA) is 43.8 Å². The van der Waals surface area contributed by atoms with Crippen LogP contribution in [0.2, 0.25) is 5.02 Å². The summed E-state index contributed by atoms with van der Waals surface area (Å²) in [6.45, 7) is 4.37. The van der Waals surface area contributed by atoms with Crippen molar-refractivity contribution in [1.82, 2.24) is 9.55 Å². The quantitative estimate of drug-likeness (QED) is 0.926. The lowest BCUT2D eigenvalue weighted by atomic mass is 9.94. The van der Waals surface area contributed by atoms with Gasteiger partial charge in [-0.3, -0.25) is 0 Å². The van der Waals surface area contributed by atoms with Gasteiger partial charge in [0.05, 0.1) is 11.0 Å². The van der Waals surface area contributed by atoms with Gasteiger partial charge in [-0.15, -0.1) is 0 Å². The van der Waals surface area contributed by atoms with E-state index in [4.69, 9.17) is 22.3 Å². The zero-order chi connectivity index (χ0) is 14.3. The average molecular weight is 292 g/mol. The Morgan fingerprint density at radius 1 is 1.35 bits per heavy atom. The summed E-state index contributed by atoms with van der Waals surface area (Å²) in [6, 6.07) is 6.26. The van der Waals surface area contributed by atoms with E-state index in [2.05, 4.69) is 18.4 Å². The molecule has 3 rings (SSSR count). The number of hydrogen-bond donors (Lipinski definition) is 1. The van der Waals surface area contributed by atoms with Crippen LogP contribution in [0.5, 0.6) is 0 Å². The molecule has 2 N–H and O–H groups in total. The van der Waals surface area contributed by atoms with Gasteiger partial charge in [-0.25, -0.2) is 4.98 Å². The molecule has 0 unspecified atom stereocenters. The molecule has 0 atom stereocenters. The van der Waals surface area contributed by atoms with Crippen LogP contribution in [0, 0.1) is 0 Å². The van der Waals surface area contributed by atoms with Crippen LogP contribution in [0.4, 0.5) is 0 Å². The lowest BCUT2D eigenvalue weighted by molar-refractivity contribution is 0.413. The molecule has 0 saturated heterocycles. The fourth-order valence-electron chi connectivity index (χ4n) is 3.39. The number of fused-ring (bicyclic) bond motifs is 1. The fourth-order valence-corrected chi connectivity index (χ4v) is 3.55. The van der Waals surface area contributed by atoms with E-state index < -0.39 is 0 Å². The van der Waals surface area contributed by atoms with Gasteiger partial charge in [-0.1, -0.05) is 24.4 Å². The van der Waals surface area contributed by atoms with E-state index in [0.717, 1.165) is 41.1 Å². The number of hydrogen-bond acceptors (Lipinski definition) is 2. The summed E-state index contributed by atoms with van der Waals surface area (Å²) in [4.78, 5) is 4.81. The van der Waals surface area contributed by atoms with Gasteiger partial charge in [0.25, 0.3) is 0 Å². The first-order chi connectivity index (χ1) is 9.48. The molecule has 0 amide bonds. The summed E-state index contributed by atoms with van der Waals surface area (Å²) >= 11 is 6.14. The van der Waals surface area contributed by atoms with E-state index in [-0.39, 0.29) is 5.54 Å². The monoisotopic (exact) mass is 291 g/mol. The zero-order valence-corrected chi connectivity index (χ0v) is 13.0.